The molecule has 0 saturated carbocycles. The summed E-state index contributed by atoms with van der Waals surface area (Å²) in [5.41, 5.74) is 1.33. The van der Waals surface area contributed by atoms with Crippen LogP contribution in [0.1, 0.15) is 22.6 Å². The van der Waals surface area contributed by atoms with Gasteiger partial charge in [0, 0.05) is 44.4 Å². The summed E-state index contributed by atoms with van der Waals surface area (Å²) < 4.78 is 6.45. The van der Waals surface area contributed by atoms with Gasteiger partial charge < -0.3 is 14.7 Å². The Hall–Kier alpha value is -4.03. The first-order valence-corrected chi connectivity index (χ1v) is 9.88. The maximum Gasteiger partial charge on any atom is 0.376 e. The van der Waals surface area contributed by atoms with Gasteiger partial charge >= 0.3 is 5.97 Å². The molecule has 1 aromatic carbocycles. The number of nitrogens with zero attached hydrogens (tertiary/aromatic N) is 5. The molecule has 1 N–H and O–H groups in total. The van der Waals surface area contributed by atoms with Crippen molar-refractivity contribution in [2.45, 2.75) is 12.0 Å². The van der Waals surface area contributed by atoms with Crippen LogP contribution in [0.4, 0.5) is 0 Å². The van der Waals surface area contributed by atoms with Crippen LogP contribution in [0.15, 0.2) is 42.6 Å². The standard InChI is InChI=1S/C23H21N5O4/c1-27-12-10-23(31,22(27)30)9-7-15-5-4-6-16(13-15)17-14-18(19-8-11-24-28(19)2)26-20(25-17)21(29)32-3/h4-6,8,11,13-14,31H,10,12H2,1-3H3. The van der Waals surface area contributed by atoms with E-state index >= 15 is 0 Å². The van der Waals surface area contributed by atoms with Gasteiger partial charge in [-0.05, 0) is 24.3 Å². The predicted molar refractivity (Wildman–Crippen MR) is 115 cm³/mol. The van der Waals surface area contributed by atoms with Crippen LogP contribution < -0.4 is 0 Å². The van der Waals surface area contributed by atoms with Gasteiger partial charge in [0.2, 0.25) is 11.4 Å². The molecule has 3 aromatic rings. The van der Waals surface area contributed by atoms with Crippen molar-refractivity contribution >= 4 is 11.9 Å². The number of ether oxygens (including phenoxy) is 1. The van der Waals surface area contributed by atoms with E-state index < -0.39 is 17.5 Å². The zero-order valence-corrected chi connectivity index (χ0v) is 17.9. The molecule has 1 amide bonds. The van der Waals surface area contributed by atoms with Crippen molar-refractivity contribution in [3.05, 3.63) is 54.0 Å². The molecule has 0 radical (unpaired) electrons. The average Bonchev–Trinajstić information content (AvgIpc) is 3.35. The Morgan fingerprint density at radius 1 is 1.19 bits per heavy atom. The molecule has 1 saturated heterocycles. The molecule has 0 spiro atoms. The molecule has 1 fully saturated rings. The first-order chi connectivity index (χ1) is 15.3. The molecule has 1 atom stereocenters. The Morgan fingerprint density at radius 3 is 2.62 bits per heavy atom. The Bertz CT molecular complexity index is 1270. The van der Waals surface area contributed by atoms with Crippen molar-refractivity contribution in [1.29, 1.82) is 0 Å². The molecule has 32 heavy (non-hydrogen) atoms. The average molecular weight is 431 g/mol. The van der Waals surface area contributed by atoms with Crippen molar-refractivity contribution in [3.63, 3.8) is 0 Å². The fourth-order valence-corrected chi connectivity index (χ4v) is 3.44. The number of amides is 1. The Labute approximate surface area is 184 Å². The topological polar surface area (TPSA) is 110 Å². The van der Waals surface area contributed by atoms with E-state index in [9.17, 15) is 14.7 Å². The SMILES string of the molecule is COC(=O)c1nc(-c2cccc(C#CC3(O)CCN(C)C3=O)c2)cc(-c2ccnn2C)n1. The van der Waals surface area contributed by atoms with Crippen LogP contribution in [0.3, 0.4) is 0 Å². The number of rotatable bonds is 3. The normalized spacial score (nSPS) is 17.8. The molecule has 2 aromatic heterocycles. The van der Waals surface area contributed by atoms with E-state index in [1.807, 2.05) is 6.07 Å². The van der Waals surface area contributed by atoms with E-state index in [1.165, 1.54) is 12.0 Å². The second-order valence-corrected chi connectivity index (χ2v) is 7.46. The fourth-order valence-electron chi connectivity index (χ4n) is 3.44. The molecule has 9 heteroatoms. The van der Waals surface area contributed by atoms with Crippen LogP contribution >= 0.6 is 0 Å². The molecule has 162 valence electrons. The third kappa shape index (κ3) is 3.96. The number of hydrogen-bond donors (Lipinski definition) is 1. The van der Waals surface area contributed by atoms with Crippen molar-refractivity contribution in [1.82, 2.24) is 24.6 Å². The minimum Gasteiger partial charge on any atom is -0.463 e. The summed E-state index contributed by atoms with van der Waals surface area (Å²) >= 11 is 0. The van der Waals surface area contributed by atoms with E-state index in [2.05, 4.69) is 26.9 Å². The first-order valence-electron chi connectivity index (χ1n) is 9.88. The smallest absolute Gasteiger partial charge is 0.376 e. The summed E-state index contributed by atoms with van der Waals surface area (Å²) in [7, 11) is 4.68. The molecule has 4 rings (SSSR count). The molecule has 9 nitrogen and oxygen atoms in total. The first kappa shape index (κ1) is 21.2. The van der Waals surface area contributed by atoms with E-state index in [-0.39, 0.29) is 12.2 Å². The number of methoxy groups -OCH3 is 1. The van der Waals surface area contributed by atoms with Crippen molar-refractivity contribution in [3.8, 4) is 34.5 Å². The molecular formula is C23H21N5O4. The van der Waals surface area contributed by atoms with E-state index in [0.29, 0.717) is 34.8 Å². The predicted octanol–water partition coefficient (Wildman–Crippen LogP) is 1.28. The Morgan fingerprint density at radius 2 is 1.97 bits per heavy atom. The highest BCUT2D eigenvalue weighted by atomic mass is 16.5. The Kier molecular flexibility index (Phi) is 5.47. The minimum atomic E-state index is -1.68. The number of esters is 1. The number of carbonyl (C=O) groups is 2. The summed E-state index contributed by atoms with van der Waals surface area (Å²) in [5.74, 6) is 4.47. The zero-order chi connectivity index (χ0) is 22.9. The number of hydrogen-bond acceptors (Lipinski definition) is 7. The van der Waals surface area contributed by atoms with Gasteiger partial charge in [0.25, 0.3) is 5.91 Å². The number of likely N-dealkylation sites (N-methyl/N-ethyl adjacent to an activating group) is 1. The van der Waals surface area contributed by atoms with Gasteiger partial charge in [0.05, 0.1) is 24.2 Å². The van der Waals surface area contributed by atoms with Crippen molar-refractivity contribution in [2.24, 2.45) is 7.05 Å². The Balaban J connectivity index is 1.75. The van der Waals surface area contributed by atoms with Crippen LogP contribution in [0.25, 0.3) is 22.6 Å². The maximum absolute atomic E-state index is 12.2. The van der Waals surface area contributed by atoms with Crippen LogP contribution in [0, 0.1) is 11.8 Å². The fraction of sp³-hybridized carbons (Fsp3) is 0.261. The van der Waals surface area contributed by atoms with E-state index in [1.54, 1.807) is 55.3 Å². The largest absolute Gasteiger partial charge is 0.463 e. The van der Waals surface area contributed by atoms with Gasteiger partial charge in [-0.25, -0.2) is 14.8 Å². The van der Waals surface area contributed by atoms with Crippen LogP contribution in [-0.2, 0) is 16.6 Å². The van der Waals surface area contributed by atoms with Gasteiger partial charge in [-0.1, -0.05) is 24.0 Å². The quantitative estimate of drug-likeness (QED) is 0.491. The third-order valence-corrected chi connectivity index (χ3v) is 5.26. The monoisotopic (exact) mass is 431 g/mol. The van der Waals surface area contributed by atoms with Crippen molar-refractivity contribution in [2.75, 3.05) is 20.7 Å². The molecule has 1 aliphatic heterocycles. The summed E-state index contributed by atoms with van der Waals surface area (Å²) in [6.45, 7) is 0.456. The molecule has 1 aliphatic rings. The summed E-state index contributed by atoms with van der Waals surface area (Å²) in [6.07, 6.45) is 1.90. The van der Waals surface area contributed by atoms with E-state index in [4.69, 9.17) is 4.74 Å². The zero-order valence-electron chi connectivity index (χ0n) is 17.9. The van der Waals surface area contributed by atoms with Gasteiger partial charge in [0.1, 0.15) is 0 Å². The van der Waals surface area contributed by atoms with Crippen LogP contribution in [0.5, 0.6) is 0 Å². The molecular weight excluding hydrogens is 410 g/mol. The molecule has 0 bridgehead atoms. The highest BCUT2D eigenvalue weighted by Gasteiger charge is 2.42. The van der Waals surface area contributed by atoms with Gasteiger partial charge in [-0.15, -0.1) is 0 Å². The number of aliphatic hydroxyl groups is 1. The number of likely N-dealkylation sites (tertiary alicyclic amines) is 1. The van der Waals surface area contributed by atoms with Crippen LogP contribution in [-0.4, -0.2) is 67.9 Å². The third-order valence-electron chi connectivity index (χ3n) is 5.26. The maximum atomic E-state index is 12.2. The lowest BCUT2D eigenvalue weighted by Crippen LogP contribution is -2.37. The van der Waals surface area contributed by atoms with Gasteiger partial charge in [-0.3, -0.25) is 9.48 Å². The van der Waals surface area contributed by atoms with Crippen LogP contribution in [0.2, 0.25) is 0 Å². The number of aryl methyl sites for hydroxylation is 1. The number of benzene rings is 1. The summed E-state index contributed by atoms with van der Waals surface area (Å²) in [4.78, 5) is 34.4. The lowest BCUT2D eigenvalue weighted by atomic mass is 10.0. The molecule has 3 heterocycles. The second kappa shape index (κ2) is 8.24. The minimum absolute atomic E-state index is 0.0772. The molecule has 0 aliphatic carbocycles. The molecule has 1 unspecified atom stereocenters. The lowest BCUT2D eigenvalue weighted by molar-refractivity contribution is -0.137. The summed E-state index contributed by atoms with van der Waals surface area (Å²) in [6, 6.07) is 10.7. The van der Waals surface area contributed by atoms with Gasteiger partial charge in [0.15, 0.2) is 0 Å². The lowest BCUT2D eigenvalue weighted by Gasteiger charge is -2.13. The van der Waals surface area contributed by atoms with E-state index in [0.717, 1.165) is 0 Å². The summed E-state index contributed by atoms with van der Waals surface area (Å²) in [5, 5.41) is 14.7. The highest BCUT2D eigenvalue weighted by molar-refractivity contribution is 5.90. The second-order valence-electron chi connectivity index (χ2n) is 7.46. The number of aromatic nitrogens is 4. The van der Waals surface area contributed by atoms with Gasteiger partial charge in [-0.2, -0.15) is 5.10 Å². The van der Waals surface area contributed by atoms with Crippen molar-refractivity contribution < 1.29 is 19.4 Å². The highest BCUT2D eigenvalue weighted by Crippen LogP contribution is 2.25. The number of carbonyl (C=O) groups excluding carboxylic acids is 2.